The number of methoxy groups -OCH3 is 1. The molecule has 1 aromatic heterocycles. The molecular weight excluding hydrogens is 229 g/mol. The molecule has 0 radical (unpaired) electrons. The van der Waals surface area contributed by atoms with E-state index in [9.17, 15) is 4.39 Å². The third-order valence-corrected chi connectivity index (χ3v) is 3.03. The Labute approximate surface area is 96.2 Å². The number of nitrogens with zero attached hydrogens (tertiary/aromatic N) is 1. The van der Waals surface area contributed by atoms with Gasteiger partial charge in [0.2, 0.25) is 0 Å². The van der Waals surface area contributed by atoms with Gasteiger partial charge in [0.1, 0.15) is 16.6 Å². The molecule has 1 aromatic carbocycles. The fourth-order valence-electron chi connectivity index (χ4n) is 1.38. The van der Waals surface area contributed by atoms with E-state index in [1.54, 1.807) is 17.5 Å². The van der Waals surface area contributed by atoms with E-state index in [4.69, 9.17) is 9.84 Å². The molecule has 3 nitrogen and oxygen atoms in total. The van der Waals surface area contributed by atoms with Crippen LogP contribution in [0, 0.1) is 5.82 Å². The van der Waals surface area contributed by atoms with Crippen molar-refractivity contribution in [2.24, 2.45) is 0 Å². The van der Waals surface area contributed by atoms with Crippen molar-refractivity contribution in [2.75, 3.05) is 7.11 Å². The number of rotatable bonds is 3. The van der Waals surface area contributed by atoms with Crippen molar-refractivity contribution >= 4 is 11.3 Å². The summed E-state index contributed by atoms with van der Waals surface area (Å²) in [5.74, 6) is 0.0667. The number of ether oxygens (including phenoxy) is 1. The first-order valence-electron chi connectivity index (χ1n) is 4.64. The Bertz CT molecular complexity index is 498. The van der Waals surface area contributed by atoms with Gasteiger partial charge < -0.3 is 9.84 Å². The number of benzene rings is 1. The van der Waals surface area contributed by atoms with Gasteiger partial charge in [-0.05, 0) is 12.1 Å². The molecule has 0 saturated carbocycles. The highest BCUT2D eigenvalue weighted by Gasteiger charge is 2.14. The number of aliphatic hydroxyl groups is 1. The average Bonchev–Trinajstić information content (AvgIpc) is 2.76. The average molecular weight is 239 g/mol. The maximum atomic E-state index is 13.7. The molecule has 1 N–H and O–H groups in total. The minimum absolute atomic E-state index is 0.146. The Hall–Kier alpha value is -1.46. The van der Waals surface area contributed by atoms with Gasteiger partial charge in [0, 0.05) is 5.38 Å². The van der Waals surface area contributed by atoms with Gasteiger partial charge in [0.05, 0.1) is 25.0 Å². The van der Waals surface area contributed by atoms with E-state index >= 15 is 0 Å². The van der Waals surface area contributed by atoms with Crippen LogP contribution in [-0.2, 0) is 6.61 Å². The second-order valence-electron chi connectivity index (χ2n) is 3.12. The van der Waals surface area contributed by atoms with Gasteiger partial charge in [-0.25, -0.2) is 9.37 Å². The molecular formula is C11H10FNO2S. The Morgan fingerprint density at radius 3 is 2.94 bits per heavy atom. The van der Waals surface area contributed by atoms with Crippen molar-refractivity contribution in [3.05, 3.63) is 35.1 Å². The molecule has 2 aromatic rings. The van der Waals surface area contributed by atoms with Crippen LogP contribution in [0.1, 0.15) is 5.69 Å². The smallest absolute Gasteiger partial charge is 0.137 e. The van der Waals surface area contributed by atoms with Gasteiger partial charge in [-0.3, -0.25) is 0 Å². The first kappa shape index (κ1) is 11.0. The van der Waals surface area contributed by atoms with Gasteiger partial charge >= 0.3 is 0 Å². The number of aromatic nitrogens is 1. The molecule has 1 heterocycles. The number of hydrogen-bond acceptors (Lipinski definition) is 4. The Morgan fingerprint density at radius 1 is 1.50 bits per heavy atom. The molecule has 84 valence electrons. The number of halogens is 1. The van der Waals surface area contributed by atoms with E-state index in [2.05, 4.69) is 4.98 Å². The van der Waals surface area contributed by atoms with Crippen LogP contribution in [0.2, 0.25) is 0 Å². The highest BCUT2D eigenvalue weighted by atomic mass is 32.1. The first-order chi connectivity index (χ1) is 7.76. The topological polar surface area (TPSA) is 42.4 Å². The van der Waals surface area contributed by atoms with Crippen molar-refractivity contribution < 1.29 is 14.2 Å². The maximum Gasteiger partial charge on any atom is 0.137 e. The minimum atomic E-state index is -0.377. The number of aliphatic hydroxyl groups excluding tert-OH is 1. The highest BCUT2D eigenvalue weighted by molar-refractivity contribution is 7.13. The standard InChI is InChI=1S/C11H10FNO2S/c1-15-9-4-2-3-8(12)10(9)11-13-7(5-14)6-16-11/h2-4,6,14H,5H2,1H3. The van der Waals surface area contributed by atoms with Crippen molar-refractivity contribution in [1.29, 1.82) is 0 Å². The molecule has 0 bridgehead atoms. The van der Waals surface area contributed by atoms with E-state index < -0.39 is 0 Å². The molecule has 2 rings (SSSR count). The second kappa shape index (κ2) is 4.59. The monoisotopic (exact) mass is 239 g/mol. The number of thiazole rings is 1. The van der Waals surface area contributed by atoms with Crippen molar-refractivity contribution in [2.45, 2.75) is 6.61 Å². The summed E-state index contributed by atoms with van der Waals surface area (Å²) in [6.07, 6.45) is 0. The summed E-state index contributed by atoms with van der Waals surface area (Å²) in [7, 11) is 1.48. The van der Waals surface area contributed by atoms with Crippen LogP contribution in [-0.4, -0.2) is 17.2 Å². The highest BCUT2D eigenvalue weighted by Crippen LogP contribution is 2.34. The van der Waals surface area contributed by atoms with Crippen molar-refractivity contribution in [1.82, 2.24) is 4.98 Å². The molecule has 16 heavy (non-hydrogen) atoms. The molecule has 0 atom stereocenters. The van der Waals surface area contributed by atoms with Crippen LogP contribution in [0.15, 0.2) is 23.6 Å². The van der Waals surface area contributed by atoms with Gasteiger partial charge in [0.25, 0.3) is 0 Å². The quantitative estimate of drug-likeness (QED) is 0.894. The Kier molecular flexibility index (Phi) is 3.17. The third-order valence-electron chi connectivity index (χ3n) is 2.12. The molecule has 0 aliphatic heterocycles. The summed E-state index contributed by atoms with van der Waals surface area (Å²) in [5.41, 5.74) is 0.875. The normalized spacial score (nSPS) is 10.4. The third kappa shape index (κ3) is 1.91. The zero-order chi connectivity index (χ0) is 11.5. The number of hydrogen-bond donors (Lipinski definition) is 1. The van der Waals surface area contributed by atoms with Crippen LogP contribution in [0.3, 0.4) is 0 Å². The van der Waals surface area contributed by atoms with Gasteiger partial charge in [-0.2, -0.15) is 0 Å². The maximum absolute atomic E-state index is 13.7. The predicted octanol–water partition coefficient (Wildman–Crippen LogP) is 2.45. The summed E-state index contributed by atoms with van der Waals surface area (Å²) in [6, 6.07) is 4.62. The lowest BCUT2D eigenvalue weighted by Crippen LogP contribution is -1.91. The zero-order valence-corrected chi connectivity index (χ0v) is 9.42. The lowest BCUT2D eigenvalue weighted by Gasteiger charge is -2.06. The molecule has 0 unspecified atom stereocenters. The van der Waals surface area contributed by atoms with E-state index in [-0.39, 0.29) is 12.4 Å². The molecule has 0 aliphatic rings. The largest absolute Gasteiger partial charge is 0.496 e. The van der Waals surface area contributed by atoms with Crippen LogP contribution in [0.4, 0.5) is 4.39 Å². The summed E-state index contributed by atoms with van der Waals surface area (Å²) in [4.78, 5) is 4.12. The van der Waals surface area contributed by atoms with E-state index in [1.165, 1.54) is 24.5 Å². The lowest BCUT2D eigenvalue weighted by atomic mass is 10.2. The molecule has 0 saturated heterocycles. The van der Waals surface area contributed by atoms with Crippen molar-refractivity contribution in [3.8, 4) is 16.3 Å². The fourth-order valence-corrected chi connectivity index (χ4v) is 2.24. The Balaban J connectivity index is 2.53. The summed E-state index contributed by atoms with van der Waals surface area (Å²) >= 11 is 1.28. The fraction of sp³-hybridized carbons (Fsp3) is 0.182. The van der Waals surface area contributed by atoms with E-state index in [0.29, 0.717) is 22.0 Å². The van der Waals surface area contributed by atoms with Crippen LogP contribution >= 0.6 is 11.3 Å². The molecule has 0 fully saturated rings. The van der Waals surface area contributed by atoms with Gasteiger partial charge in [0.15, 0.2) is 0 Å². The van der Waals surface area contributed by atoms with Crippen LogP contribution in [0.25, 0.3) is 10.6 Å². The summed E-state index contributed by atoms with van der Waals surface area (Å²) in [5, 5.41) is 11.1. The Morgan fingerprint density at radius 2 is 2.31 bits per heavy atom. The minimum Gasteiger partial charge on any atom is -0.496 e. The van der Waals surface area contributed by atoms with E-state index in [0.717, 1.165) is 0 Å². The van der Waals surface area contributed by atoms with Crippen LogP contribution < -0.4 is 4.74 Å². The van der Waals surface area contributed by atoms with E-state index in [1.807, 2.05) is 0 Å². The van der Waals surface area contributed by atoms with Crippen molar-refractivity contribution in [3.63, 3.8) is 0 Å². The zero-order valence-electron chi connectivity index (χ0n) is 8.61. The summed E-state index contributed by atoms with van der Waals surface area (Å²) in [6.45, 7) is -0.146. The summed E-state index contributed by atoms with van der Waals surface area (Å²) < 4.78 is 18.7. The first-order valence-corrected chi connectivity index (χ1v) is 5.52. The van der Waals surface area contributed by atoms with Gasteiger partial charge in [-0.15, -0.1) is 11.3 Å². The predicted molar refractivity (Wildman–Crippen MR) is 60.0 cm³/mol. The molecule has 0 amide bonds. The SMILES string of the molecule is COc1cccc(F)c1-c1nc(CO)cs1. The van der Waals surface area contributed by atoms with Gasteiger partial charge in [-0.1, -0.05) is 6.07 Å². The second-order valence-corrected chi connectivity index (χ2v) is 3.98. The molecule has 0 spiro atoms. The molecule has 0 aliphatic carbocycles. The van der Waals surface area contributed by atoms with Crippen LogP contribution in [0.5, 0.6) is 5.75 Å². The lowest BCUT2D eigenvalue weighted by molar-refractivity contribution is 0.277. The molecule has 5 heteroatoms.